The Morgan fingerprint density at radius 3 is 2.17 bits per heavy atom. The van der Waals surface area contributed by atoms with E-state index in [-0.39, 0.29) is 0 Å². The van der Waals surface area contributed by atoms with Gasteiger partial charge in [-0.05, 0) is 55.6 Å². The van der Waals surface area contributed by atoms with Crippen LogP contribution in [0, 0.1) is 0 Å². The van der Waals surface area contributed by atoms with Gasteiger partial charge >= 0.3 is 0 Å². The highest BCUT2D eigenvalue weighted by Crippen LogP contribution is 2.13. The van der Waals surface area contributed by atoms with Crippen LogP contribution in [0.3, 0.4) is 0 Å². The minimum atomic E-state index is 0.955. The van der Waals surface area contributed by atoms with Gasteiger partial charge in [-0.1, -0.05) is 61.0 Å². The molecule has 0 unspecified atom stereocenters. The Hall–Kier alpha value is -1.64. The summed E-state index contributed by atoms with van der Waals surface area (Å²) in [5, 5.41) is 3.54. The lowest BCUT2D eigenvalue weighted by atomic mass is 10.1. The predicted molar refractivity (Wildman–Crippen MR) is 97.4 cm³/mol. The summed E-state index contributed by atoms with van der Waals surface area (Å²) in [5.74, 6) is 0. The summed E-state index contributed by atoms with van der Waals surface area (Å²) in [6.45, 7) is 5.63. The minimum Gasteiger partial charge on any atom is -0.312 e. The number of hydrogen-bond donors (Lipinski definition) is 1. The maximum absolute atomic E-state index is 3.54. The van der Waals surface area contributed by atoms with Gasteiger partial charge in [0.15, 0.2) is 0 Å². The maximum Gasteiger partial charge on any atom is 0.0233 e. The third kappa shape index (κ3) is 5.49. The third-order valence-corrected chi connectivity index (χ3v) is 4.64. The molecule has 122 valence electrons. The summed E-state index contributed by atoms with van der Waals surface area (Å²) in [6.07, 6.45) is 5.23. The van der Waals surface area contributed by atoms with Crippen LogP contribution in [-0.2, 0) is 19.5 Å². The first kappa shape index (κ1) is 16.2. The number of hydrogen-bond acceptors (Lipinski definition) is 2. The summed E-state index contributed by atoms with van der Waals surface area (Å²) in [5.41, 5.74) is 4.22. The average molecular weight is 308 g/mol. The van der Waals surface area contributed by atoms with Crippen LogP contribution in [-0.4, -0.2) is 24.5 Å². The second-order valence-electron chi connectivity index (χ2n) is 6.57. The van der Waals surface area contributed by atoms with E-state index in [4.69, 9.17) is 0 Å². The van der Waals surface area contributed by atoms with Gasteiger partial charge in [0.1, 0.15) is 0 Å². The van der Waals surface area contributed by atoms with E-state index in [0.717, 1.165) is 26.1 Å². The predicted octanol–water partition coefficient (Wildman–Crippen LogP) is 4.00. The zero-order valence-corrected chi connectivity index (χ0v) is 14.0. The molecule has 0 bridgehead atoms. The molecule has 0 saturated carbocycles. The molecule has 1 heterocycles. The van der Waals surface area contributed by atoms with E-state index in [1.54, 1.807) is 0 Å². The van der Waals surface area contributed by atoms with E-state index < -0.39 is 0 Å². The monoisotopic (exact) mass is 308 g/mol. The number of nitrogens with one attached hydrogen (secondary N) is 1. The lowest BCUT2D eigenvalue weighted by Crippen LogP contribution is -2.29. The van der Waals surface area contributed by atoms with Gasteiger partial charge in [-0.15, -0.1) is 0 Å². The van der Waals surface area contributed by atoms with Crippen molar-refractivity contribution in [1.82, 2.24) is 10.2 Å². The molecule has 2 aromatic rings. The summed E-state index contributed by atoms with van der Waals surface area (Å²) < 4.78 is 0. The summed E-state index contributed by atoms with van der Waals surface area (Å²) in [7, 11) is 0. The van der Waals surface area contributed by atoms with Crippen LogP contribution in [0.25, 0.3) is 0 Å². The topological polar surface area (TPSA) is 15.3 Å². The van der Waals surface area contributed by atoms with Crippen molar-refractivity contribution in [3.8, 4) is 0 Å². The smallest absolute Gasteiger partial charge is 0.0233 e. The molecule has 1 aliphatic rings. The number of rotatable bonds is 7. The van der Waals surface area contributed by atoms with E-state index >= 15 is 0 Å². The second-order valence-corrected chi connectivity index (χ2v) is 6.57. The summed E-state index contributed by atoms with van der Waals surface area (Å²) in [6, 6.07) is 19.8. The Balaban J connectivity index is 1.39. The third-order valence-electron chi connectivity index (χ3n) is 4.64. The Morgan fingerprint density at radius 2 is 1.43 bits per heavy atom. The van der Waals surface area contributed by atoms with Crippen LogP contribution in [0.4, 0.5) is 0 Å². The summed E-state index contributed by atoms with van der Waals surface area (Å²) in [4.78, 5) is 2.58. The van der Waals surface area contributed by atoms with E-state index in [1.165, 1.54) is 49.0 Å². The highest BCUT2D eigenvalue weighted by Gasteiger charge is 2.09. The molecule has 0 atom stereocenters. The van der Waals surface area contributed by atoms with Gasteiger partial charge in [0.2, 0.25) is 0 Å². The van der Waals surface area contributed by atoms with Gasteiger partial charge < -0.3 is 5.32 Å². The van der Waals surface area contributed by atoms with Gasteiger partial charge in [0.25, 0.3) is 0 Å². The molecule has 2 aromatic carbocycles. The van der Waals surface area contributed by atoms with Crippen LogP contribution in [0.15, 0.2) is 54.6 Å². The molecule has 0 aliphatic carbocycles. The van der Waals surface area contributed by atoms with E-state index in [0.29, 0.717) is 0 Å². The standard InChI is InChI=1S/C21H28N2/c1-3-7-19(8-4-1)13-14-22-17-20-9-11-21(12-10-20)18-23-15-5-2-6-16-23/h1,3-4,7-12,22H,2,5-6,13-18H2. The van der Waals surface area contributed by atoms with Crippen molar-refractivity contribution in [3.05, 3.63) is 71.3 Å². The fourth-order valence-electron chi connectivity index (χ4n) is 3.25. The lowest BCUT2D eigenvalue weighted by Gasteiger charge is -2.26. The summed E-state index contributed by atoms with van der Waals surface area (Å²) >= 11 is 0. The Labute approximate surface area is 140 Å². The van der Waals surface area contributed by atoms with Crippen molar-refractivity contribution in [2.45, 2.75) is 38.8 Å². The SMILES string of the molecule is c1ccc(CCNCc2ccc(CN3CCCCC3)cc2)cc1. The first-order chi connectivity index (χ1) is 11.4. The van der Waals surface area contributed by atoms with Crippen LogP contribution < -0.4 is 5.32 Å². The van der Waals surface area contributed by atoms with Crippen LogP contribution >= 0.6 is 0 Å². The Morgan fingerprint density at radius 1 is 0.739 bits per heavy atom. The fourth-order valence-corrected chi connectivity index (χ4v) is 3.25. The molecule has 3 rings (SSSR count). The van der Waals surface area contributed by atoms with Crippen molar-refractivity contribution in [3.63, 3.8) is 0 Å². The van der Waals surface area contributed by atoms with Gasteiger partial charge in [-0.2, -0.15) is 0 Å². The zero-order valence-electron chi connectivity index (χ0n) is 14.0. The number of nitrogens with zero attached hydrogens (tertiary/aromatic N) is 1. The molecule has 1 N–H and O–H groups in total. The first-order valence-electron chi connectivity index (χ1n) is 8.95. The fraction of sp³-hybridized carbons (Fsp3) is 0.429. The average Bonchev–Trinajstić information content (AvgIpc) is 2.62. The zero-order chi connectivity index (χ0) is 15.7. The van der Waals surface area contributed by atoms with Crippen LogP contribution in [0.5, 0.6) is 0 Å². The van der Waals surface area contributed by atoms with Crippen molar-refractivity contribution in [2.75, 3.05) is 19.6 Å². The van der Waals surface area contributed by atoms with Crippen LogP contribution in [0.2, 0.25) is 0 Å². The quantitative estimate of drug-likeness (QED) is 0.778. The largest absolute Gasteiger partial charge is 0.312 e. The lowest BCUT2D eigenvalue weighted by molar-refractivity contribution is 0.221. The molecule has 1 saturated heterocycles. The minimum absolute atomic E-state index is 0.955. The first-order valence-corrected chi connectivity index (χ1v) is 8.95. The molecule has 1 aliphatic heterocycles. The highest BCUT2D eigenvalue weighted by atomic mass is 15.1. The maximum atomic E-state index is 3.54. The second kappa shape index (κ2) is 8.85. The normalized spacial score (nSPS) is 15.7. The number of likely N-dealkylation sites (tertiary alicyclic amines) is 1. The number of piperidine rings is 1. The Bertz CT molecular complexity index is 556. The van der Waals surface area contributed by atoms with Crippen molar-refractivity contribution < 1.29 is 0 Å². The molecular formula is C21H28N2. The van der Waals surface area contributed by atoms with E-state index in [9.17, 15) is 0 Å². The van der Waals surface area contributed by atoms with Gasteiger partial charge in [0, 0.05) is 13.1 Å². The molecule has 23 heavy (non-hydrogen) atoms. The number of benzene rings is 2. The molecule has 0 amide bonds. The Kier molecular flexibility index (Phi) is 6.25. The van der Waals surface area contributed by atoms with Crippen molar-refractivity contribution in [2.24, 2.45) is 0 Å². The molecular weight excluding hydrogens is 280 g/mol. The molecule has 0 aromatic heterocycles. The molecule has 2 heteroatoms. The highest BCUT2D eigenvalue weighted by molar-refractivity contribution is 5.22. The molecule has 0 spiro atoms. The van der Waals surface area contributed by atoms with Crippen LogP contribution in [0.1, 0.15) is 36.0 Å². The van der Waals surface area contributed by atoms with Crippen molar-refractivity contribution >= 4 is 0 Å². The van der Waals surface area contributed by atoms with Gasteiger partial charge in [-0.3, -0.25) is 4.90 Å². The van der Waals surface area contributed by atoms with Gasteiger partial charge in [-0.25, -0.2) is 0 Å². The van der Waals surface area contributed by atoms with E-state index in [2.05, 4.69) is 64.8 Å². The van der Waals surface area contributed by atoms with Crippen molar-refractivity contribution in [1.29, 1.82) is 0 Å². The molecule has 0 radical (unpaired) electrons. The molecule has 2 nitrogen and oxygen atoms in total. The van der Waals surface area contributed by atoms with E-state index in [1.807, 2.05) is 0 Å². The molecule has 1 fully saturated rings. The van der Waals surface area contributed by atoms with Gasteiger partial charge in [0.05, 0.1) is 0 Å².